The third-order valence-corrected chi connectivity index (χ3v) is 4.17. The maximum absolute atomic E-state index is 12.0. The third kappa shape index (κ3) is 6.92. The molecule has 4 N–H and O–H groups in total. The Bertz CT molecular complexity index is 854. The second-order valence-electron chi connectivity index (χ2n) is 5.33. The van der Waals surface area contributed by atoms with Crippen molar-refractivity contribution in [2.75, 3.05) is 6.54 Å². The molecule has 10 heteroatoms. The van der Waals surface area contributed by atoms with E-state index in [-0.39, 0.29) is 24.1 Å². The highest BCUT2D eigenvalue weighted by Crippen LogP contribution is 2.24. The van der Waals surface area contributed by atoms with Gasteiger partial charge in [0.2, 0.25) is 0 Å². The summed E-state index contributed by atoms with van der Waals surface area (Å²) >= 11 is 0. The maximum atomic E-state index is 12.0. The number of hydrogen-bond donors (Lipinski definition) is 4. The van der Waals surface area contributed by atoms with Crippen molar-refractivity contribution in [1.29, 1.82) is 5.26 Å². The van der Waals surface area contributed by atoms with E-state index in [0.717, 1.165) is 18.2 Å². The van der Waals surface area contributed by atoms with Crippen LogP contribution in [0.1, 0.15) is 31.2 Å². The van der Waals surface area contributed by atoms with Crippen LogP contribution < -0.4 is 5.32 Å². The Hall–Kier alpha value is -2.90. The second-order valence-corrected chi connectivity index (χ2v) is 6.72. The first-order valence-corrected chi connectivity index (χ1v) is 9.01. The van der Waals surface area contributed by atoms with Gasteiger partial charge in [-0.2, -0.15) is 13.7 Å². The first-order valence-electron chi connectivity index (χ1n) is 7.57. The lowest BCUT2D eigenvalue weighted by molar-refractivity contribution is -0.137. The lowest BCUT2D eigenvalue weighted by Gasteiger charge is -2.05. The van der Waals surface area contributed by atoms with E-state index in [9.17, 15) is 23.1 Å². The highest BCUT2D eigenvalue weighted by Gasteiger charge is 2.16. The van der Waals surface area contributed by atoms with E-state index in [1.807, 2.05) is 0 Å². The van der Waals surface area contributed by atoms with E-state index in [2.05, 4.69) is 5.32 Å². The molecule has 0 aliphatic heterocycles. The number of unbranched alkanes of at least 4 members (excludes halogenated alkanes) is 2. The number of phenols is 1. The molecule has 0 aromatic heterocycles. The minimum absolute atomic E-state index is 0.0498. The van der Waals surface area contributed by atoms with Crippen LogP contribution in [0.4, 0.5) is 0 Å². The van der Waals surface area contributed by atoms with Crippen LogP contribution in [0, 0.1) is 11.3 Å². The van der Waals surface area contributed by atoms with Crippen molar-refractivity contribution >= 4 is 28.1 Å². The highest BCUT2D eigenvalue weighted by atomic mass is 32.2. The molecule has 9 nitrogen and oxygen atoms in total. The number of aromatic hydroxyl groups is 1. The average molecular weight is 382 g/mol. The summed E-state index contributed by atoms with van der Waals surface area (Å²) in [6, 6.07) is 4.92. The SMILES string of the molecule is N#CC(=Cc1ccc(O)c(S(=O)(=O)O)c1)C(=O)NCCCCCC(=O)O. The summed E-state index contributed by atoms with van der Waals surface area (Å²) in [5.41, 5.74) is -0.161. The average Bonchev–Trinajstić information content (AvgIpc) is 2.55. The molecular weight excluding hydrogens is 364 g/mol. The Balaban J connectivity index is 2.75. The van der Waals surface area contributed by atoms with Gasteiger partial charge < -0.3 is 15.5 Å². The van der Waals surface area contributed by atoms with Gasteiger partial charge in [0.1, 0.15) is 22.3 Å². The van der Waals surface area contributed by atoms with Gasteiger partial charge in [0.15, 0.2) is 0 Å². The van der Waals surface area contributed by atoms with Crippen LogP contribution in [0.5, 0.6) is 5.75 Å². The van der Waals surface area contributed by atoms with Gasteiger partial charge in [-0.3, -0.25) is 14.1 Å². The quantitative estimate of drug-likeness (QED) is 0.215. The molecule has 1 amide bonds. The van der Waals surface area contributed by atoms with Crippen molar-refractivity contribution in [3.63, 3.8) is 0 Å². The molecular formula is C16H18N2O7S. The molecule has 0 fully saturated rings. The van der Waals surface area contributed by atoms with Gasteiger partial charge in [-0.05, 0) is 36.6 Å². The molecule has 0 saturated carbocycles. The number of carboxylic acid groups (broad SMARTS) is 1. The summed E-state index contributed by atoms with van der Waals surface area (Å²) in [6.07, 6.45) is 2.80. The number of benzene rings is 1. The smallest absolute Gasteiger partial charge is 0.303 e. The number of amides is 1. The van der Waals surface area contributed by atoms with Crippen LogP contribution in [0.3, 0.4) is 0 Å². The third-order valence-electron chi connectivity index (χ3n) is 3.29. The lowest BCUT2D eigenvalue weighted by atomic mass is 10.1. The number of carboxylic acids is 1. The second kappa shape index (κ2) is 9.55. The number of nitriles is 1. The van der Waals surface area contributed by atoms with Crippen molar-refractivity contribution < 1.29 is 32.8 Å². The molecule has 0 saturated heterocycles. The Morgan fingerprint density at radius 2 is 1.92 bits per heavy atom. The molecule has 0 aliphatic rings. The van der Waals surface area contributed by atoms with Crippen molar-refractivity contribution in [2.24, 2.45) is 0 Å². The first kappa shape index (κ1) is 21.1. The van der Waals surface area contributed by atoms with Crippen molar-refractivity contribution in [2.45, 2.75) is 30.6 Å². The predicted octanol–water partition coefficient (Wildman–Crippen LogP) is 1.31. The molecule has 1 rings (SSSR count). The first-order chi connectivity index (χ1) is 12.1. The standard InChI is InChI=1S/C16H18N2O7S/c17-10-12(16(22)18-7-3-1-2-4-15(20)21)8-11-5-6-13(19)14(9-11)26(23,24)25/h5-6,8-9,19H,1-4,7H2,(H,18,22)(H,20,21)(H,23,24,25). The molecule has 0 heterocycles. The van der Waals surface area contributed by atoms with Gasteiger partial charge in [-0.15, -0.1) is 0 Å². The molecule has 26 heavy (non-hydrogen) atoms. The van der Waals surface area contributed by atoms with Crippen LogP contribution in [-0.2, 0) is 19.7 Å². The summed E-state index contributed by atoms with van der Waals surface area (Å²) in [6.45, 7) is 0.253. The van der Waals surface area contributed by atoms with Crippen LogP contribution in [0.2, 0.25) is 0 Å². The summed E-state index contributed by atoms with van der Waals surface area (Å²) in [5.74, 6) is -2.22. The van der Waals surface area contributed by atoms with Gasteiger partial charge >= 0.3 is 5.97 Å². The Kier molecular flexibility index (Phi) is 7.77. The fourth-order valence-corrected chi connectivity index (χ4v) is 2.63. The largest absolute Gasteiger partial charge is 0.506 e. The summed E-state index contributed by atoms with van der Waals surface area (Å²) in [4.78, 5) is 21.6. The molecule has 0 atom stereocenters. The van der Waals surface area contributed by atoms with Crippen LogP contribution >= 0.6 is 0 Å². The van der Waals surface area contributed by atoms with Gasteiger partial charge in [0.05, 0.1) is 0 Å². The number of carbonyl (C=O) groups is 2. The van der Waals surface area contributed by atoms with Crippen molar-refractivity contribution in [1.82, 2.24) is 5.32 Å². The molecule has 0 spiro atoms. The van der Waals surface area contributed by atoms with Gasteiger partial charge in [0.25, 0.3) is 16.0 Å². The van der Waals surface area contributed by atoms with E-state index < -0.39 is 32.6 Å². The number of carbonyl (C=O) groups excluding carboxylic acids is 1. The Labute approximate surface area is 150 Å². The molecule has 0 unspecified atom stereocenters. The lowest BCUT2D eigenvalue weighted by Crippen LogP contribution is -2.25. The molecule has 0 bridgehead atoms. The Morgan fingerprint density at radius 1 is 1.23 bits per heavy atom. The van der Waals surface area contributed by atoms with E-state index in [1.54, 1.807) is 6.07 Å². The van der Waals surface area contributed by atoms with E-state index >= 15 is 0 Å². The van der Waals surface area contributed by atoms with E-state index in [0.29, 0.717) is 19.3 Å². The van der Waals surface area contributed by atoms with Crippen molar-refractivity contribution in [3.05, 3.63) is 29.3 Å². The molecule has 0 aliphatic carbocycles. The molecule has 140 valence electrons. The van der Waals surface area contributed by atoms with Gasteiger partial charge in [-0.25, -0.2) is 0 Å². The van der Waals surface area contributed by atoms with Crippen LogP contribution in [0.25, 0.3) is 6.08 Å². The predicted molar refractivity (Wildman–Crippen MR) is 90.6 cm³/mol. The molecule has 1 aromatic rings. The Morgan fingerprint density at radius 3 is 2.50 bits per heavy atom. The van der Waals surface area contributed by atoms with Crippen molar-refractivity contribution in [3.8, 4) is 11.8 Å². The maximum Gasteiger partial charge on any atom is 0.303 e. The molecule has 0 radical (unpaired) electrons. The minimum atomic E-state index is -4.65. The van der Waals surface area contributed by atoms with Crippen LogP contribution in [0.15, 0.2) is 28.7 Å². The van der Waals surface area contributed by atoms with Crippen LogP contribution in [-0.4, -0.2) is 41.6 Å². The topological polar surface area (TPSA) is 165 Å². The summed E-state index contributed by atoms with van der Waals surface area (Å²) in [5, 5.41) is 29.5. The zero-order valence-electron chi connectivity index (χ0n) is 13.7. The summed E-state index contributed by atoms with van der Waals surface area (Å²) in [7, 11) is -4.65. The number of phenolic OH excluding ortho intramolecular Hbond substituents is 1. The monoisotopic (exact) mass is 382 g/mol. The number of rotatable bonds is 9. The van der Waals surface area contributed by atoms with Gasteiger partial charge in [-0.1, -0.05) is 12.5 Å². The summed E-state index contributed by atoms with van der Waals surface area (Å²) < 4.78 is 31.3. The number of aliphatic carboxylic acids is 1. The minimum Gasteiger partial charge on any atom is -0.506 e. The van der Waals surface area contributed by atoms with E-state index in [1.165, 1.54) is 6.07 Å². The number of nitrogens with zero attached hydrogens (tertiary/aromatic N) is 1. The normalized spacial score (nSPS) is 11.6. The molecule has 1 aromatic carbocycles. The number of hydrogen-bond acceptors (Lipinski definition) is 6. The number of nitrogens with one attached hydrogen (secondary N) is 1. The zero-order valence-corrected chi connectivity index (χ0v) is 14.5. The highest BCUT2D eigenvalue weighted by molar-refractivity contribution is 7.86. The van der Waals surface area contributed by atoms with E-state index in [4.69, 9.17) is 14.9 Å². The zero-order chi connectivity index (χ0) is 19.7. The van der Waals surface area contributed by atoms with Gasteiger partial charge in [0, 0.05) is 13.0 Å². The fourth-order valence-electron chi connectivity index (χ4n) is 2.02. The fraction of sp³-hybridized carbons (Fsp3) is 0.312.